The Balaban J connectivity index is 2.04. The predicted molar refractivity (Wildman–Crippen MR) is 53.2 cm³/mol. The molecule has 13 heavy (non-hydrogen) atoms. The number of allylic oxidation sites excluding steroid dienone is 1. The van der Waals surface area contributed by atoms with Crippen molar-refractivity contribution < 1.29 is 0 Å². The Bertz CT molecular complexity index is 273. The molecule has 0 aromatic carbocycles. The Morgan fingerprint density at radius 1 is 1.46 bits per heavy atom. The lowest BCUT2D eigenvalue weighted by Gasteiger charge is -2.36. The fourth-order valence-electron chi connectivity index (χ4n) is 3.81. The molecule has 2 bridgehead atoms. The zero-order chi connectivity index (χ0) is 9.22. The van der Waals surface area contributed by atoms with Crippen molar-refractivity contribution in [1.82, 2.24) is 4.90 Å². The number of hydrogen-bond donors (Lipinski definition) is 1. The number of rotatable bonds is 0. The number of fused-ring (bicyclic) bond motifs is 5. The molecule has 2 aliphatic carbocycles. The van der Waals surface area contributed by atoms with Crippen LogP contribution in [0.4, 0.5) is 0 Å². The second-order valence-corrected chi connectivity index (χ2v) is 5.11. The Hall–Kier alpha value is -0.340. The van der Waals surface area contributed by atoms with Gasteiger partial charge in [-0.15, -0.1) is 0 Å². The molecule has 0 aromatic rings. The van der Waals surface area contributed by atoms with Gasteiger partial charge in [0.15, 0.2) is 0 Å². The largest absolute Gasteiger partial charge is 0.323 e. The number of likely N-dealkylation sites (N-methyl/N-ethyl adjacent to an activating group) is 1. The molecule has 2 unspecified atom stereocenters. The van der Waals surface area contributed by atoms with E-state index >= 15 is 0 Å². The second-order valence-electron chi connectivity index (χ2n) is 5.11. The third-order valence-corrected chi connectivity index (χ3v) is 4.79. The fraction of sp³-hybridized carbons (Fsp3) is 0.818. The van der Waals surface area contributed by atoms with Crippen molar-refractivity contribution in [2.45, 2.75) is 24.9 Å². The van der Waals surface area contributed by atoms with Crippen molar-refractivity contribution in [2.75, 3.05) is 13.6 Å². The molecule has 0 amide bonds. The van der Waals surface area contributed by atoms with Crippen LogP contribution in [0.2, 0.25) is 0 Å². The summed E-state index contributed by atoms with van der Waals surface area (Å²) in [5, 5.41) is 0. The van der Waals surface area contributed by atoms with Crippen molar-refractivity contribution in [2.24, 2.45) is 23.5 Å². The highest BCUT2D eigenvalue weighted by atomic mass is 15.2. The highest BCUT2D eigenvalue weighted by molar-refractivity contribution is 5.27. The predicted octanol–water partition coefficient (Wildman–Crippen LogP) is 0.840. The normalized spacial score (nSPS) is 59.0. The third kappa shape index (κ3) is 0.728. The Labute approximate surface area is 79.8 Å². The molecular formula is C11H18N2. The maximum atomic E-state index is 6.59. The van der Waals surface area contributed by atoms with Crippen LogP contribution in [-0.4, -0.2) is 30.1 Å². The molecule has 0 aromatic heterocycles. The summed E-state index contributed by atoms with van der Waals surface area (Å²) in [5.41, 5.74) is 6.68. The smallest absolute Gasteiger partial charge is 0.0419 e. The molecule has 1 heterocycles. The minimum atomic E-state index is 0.0914. The van der Waals surface area contributed by atoms with E-state index < -0.39 is 0 Å². The summed E-state index contributed by atoms with van der Waals surface area (Å²) >= 11 is 0. The molecule has 2 N–H and O–H groups in total. The number of likely N-dealkylation sites (tertiary alicyclic amines) is 1. The van der Waals surface area contributed by atoms with Crippen LogP contribution in [0.25, 0.3) is 0 Å². The van der Waals surface area contributed by atoms with Gasteiger partial charge >= 0.3 is 0 Å². The van der Waals surface area contributed by atoms with E-state index in [1.54, 1.807) is 0 Å². The summed E-state index contributed by atoms with van der Waals surface area (Å²) in [4.78, 5) is 2.43. The van der Waals surface area contributed by atoms with Crippen molar-refractivity contribution >= 4 is 0 Å². The number of hydrogen-bond acceptors (Lipinski definition) is 2. The van der Waals surface area contributed by atoms with E-state index in [1.165, 1.54) is 13.0 Å². The average molecular weight is 178 g/mol. The lowest BCUT2D eigenvalue weighted by Crippen LogP contribution is -2.55. The average Bonchev–Trinajstić information content (AvgIpc) is 2.71. The first-order valence-corrected chi connectivity index (χ1v) is 5.31. The van der Waals surface area contributed by atoms with Gasteiger partial charge in [0, 0.05) is 18.1 Å². The first-order chi connectivity index (χ1) is 6.14. The summed E-state index contributed by atoms with van der Waals surface area (Å²) < 4.78 is 0. The zero-order valence-electron chi connectivity index (χ0n) is 8.40. The maximum Gasteiger partial charge on any atom is 0.0419 e. The van der Waals surface area contributed by atoms with Crippen LogP contribution in [0.3, 0.4) is 0 Å². The first kappa shape index (κ1) is 8.01. The minimum absolute atomic E-state index is 0.0914. The Morgan fingerprint density at radius 2 is 2.23 bits per heavy atom. The van der Waals surface area contributed by atoms with E-state index in [0.29, 0.717) is 12.0 Å². The molecular weight excluding hydrogens is 160 g/mol. The molecule has 1 saturated carbocycles. The highest BCUT2D eigenvalue weighted by Crippen LogP contribution is 2.54. The van der Waals surface area contributed by atoms with Crippen LogP contribution in [0, 0.1) is 17.8 Å². The van der Waals surface area contributed by atoms with E-state index in [2.05, 4.69) is 31.0 Å². The molecule has 1 aliphatic heterocycles. The lowest BCUT2D eigenvalue weighted by molar-refractivity contribution is 0.227. The third-order valence-electron chi connectivity index (χ3n) is 4.79. The van der Waals surface area contributed by atoms with E-state index in [4.69, 9.17) is 5.73 Å². The van der Waals surface area contributed by atoms with Gasteiger partial charge in [0.05, 0.1) is 0 Å². The number of nitrogens with zero attached hydrogens (tertiary/aromatic N) is 1. The zero-order valence-corrected chi connectivity index (χ0v) is 8.40. The number of nitrogens with two attached hydrogens (primary N) is 1. The molecule has 2 fully saturated rings. The van der Waals surface area contributed by atoms with Crippen molar-refractivity contribution in [3.05, 3.63) is 12.2 Å². The van der Waals surface area contributed by atoms with Gasteiger partial charge in [0.2, 0.25) is 0 Å². The van der Waals surface area contributed by atoms with Gasteiger partial charge in [-0.1, -0.05) is 12.2 Å². The maximum absolute atomic E-state index is 6.59. The monoisotopic (exact) mass is 178 g/mol. The summed E-state index contributed by atoms with van der Waals surface area (Å²) in [5.74, 6) is 2.16. The first-order valence-electron chi connectivity index (χ1n) is 5.31. The van der Waals surface area contributed by atoms with Crippen molar-refractivity contribution in [1.29, 1.82) is 0 Å². The molecule has 0 spiro atoms. The molecule has 2 heteroatoms. The van der Waals surface area contributed by atoms with Crippen LogP contribution in [0.1, 0.15) is 13.3 Å². The summed E-state index contributed by atoms with van der Waals surface area (Å²) in [6.45, 7) is 3.48. The van der Waals surface area contributed by atoms with Gasteiger partial charge in [0.1, 0.15) is 0 Å². The Kier molecular flexibility index (Phi) is 1.34. The van der Waals surface area contributed by atoms with Crippen LogP contribution < -0.4 is 5.73 Å². The fourth-order valence-corrected chi connectivity index (χ4v) is 3.81. The topological polar surface area (TPSA) is 29.3 Å². The van der Waals surface area contributed by atoms with Gasteiger partial charge in [-0.05, 0) is 38.1 Å². The van der Waals surface area contributed by atoms with E-state index in [9.17, 15) is 0 Å². The van der Waals surface area contributed by atoms with Gasteiger partial charge in [-0.2, -0.15) is 0 Å². The lowest BCUT2D eigenvalue weighted by atomic mass is 9.75. The van der Waals surface area contributed by atoms with Crippen LogP contribution in [0.15, 0.2) is 12.2 Å². The SMILES string of the molecule is C[C@H]1N(C)C[C@@H]2C3C=CC(C3)[C@@]21N. The highest BCUT2D eigenvalue weighted by Gasteiger charge is 2.60. The van der Waals surface area contributed by atoms with E-state index in [1.807, 2.05) is 0 Å². The molecule has 72 valence electrons. The Morgan fingerprint density at radius 3 is 2.92 bits per heavy atom. The van der Waals surface area contributed by atoms with Gasteiger partial charge in [-0.25, -0.2) is 0 Å². The molecule has 2 nitrogen and oxygen atoms in total. The van der Waals surface area contributed by atoms with E-state index in [-0.39, 0.29) is 5.54 Å². The minimum Gasteiger partial charge on any atom is -0.323 e. The standard InChI is InChI=1S/C11H18N2/c1-7-11(12)9-4-3-8(5-9)10(11)6-13(7)2/h3-4,7-10H,5-6,12H2,1-2H3/t7-,8?,9?,10-,11-/m1/s1. The molecule has 1 saturated heterocycles. The quantitative estimate of drug-likeness (QED) is 0.557. The van der Waals surface area contributed by atoms with Crippen molar-refractivity contribution in [3.63, 3.8) is 0 Å². The van der Waals surface area contributed by atoms with Crippen LogP contribution >= 0.6 is 0 Å². The second kappa shape index (κ2) is 2.18. The van der Waals surface area contributed by atoms with Gasteiger partial charge in [0.25, 0.3) is 0 Å². The van der Waals surface area contributed by atoms with Crippen LogP contribution in [-0.2, 0) is 0 Å². The van der Waals surface area contributed by atoms with Gasteiger partial charge in [-0.3, -0.25) is 0 Å². The molecule has 5 atom stereocenters. The molecule has 3 aliphatic rings. The van der Waals surface area contributed by atoms with Crippen molar-refractivity contribution in [3.8, 4) is 0 Å². The van der Waals surface area contributed by atoms with Crippen LogP contribution in [0.5, 0.6) is 0 Å². The summed E-state index contributed by atoms with van der Waals surface area (Å²) in [7, 11) is 2.21. The summed E-state index contributed by atoms with van der Waals surface area (Å²) in [6.07, 6.45) is 6.07. The molecule has 0 radical (unpaired) electrons. The summed E-state index contributed by atoms with van der Waals surface area (Å²) in [6, 6.07) is 0.553. The van der Waals surface area contributed by atoms with Gasteiger partial charge < -0.3 is 10.6 Å². The van der Waals surface area contributed by atoms with E-state index in [0.717, 1.165) is 11.8 Å². The molecule has 3 rings (SSSR count).